The Morgan fingerprint density at radius 1 is 0.914 bits per heavy atom. The van der Waals surface area contributed by atoms with Gasteiger partial charge in [0, 0.05) is 26.4 Å². The molecule has 1 heterocycles. The second kappa shape index (κ2) is 11.1. The van der Waals surface area contributed by atoms with Crippen molar-refractivity contribution in [1.29, 1.82) is 0 Å². The van der Waals surface area contributed by atoms with Crippen LogP contribution in [0.5, 0.6) is 0 Å². The molecular formula is C29H52O6. The molecule has 5 fully saturated rings. The fourth-order valence-electron chi connectivity index (χ4n) is 9.60. The number of hydrogen-bond acceptors (Lipinski definition) is 6. The molecule has 35 heavy (non-hydrogen) atoms. The van der Waals surface area contributed by atoms with Crippen molar-refractivity contribution in [1.82, 2.24) is 0 Å². The maximum absolute atomic E-state index is 11.1. The minimum atomic E-state index is -2.18. The molecule has 0 amide bonds. The lowest BCUT2D eigenvalue weighted by Crippen LogP contribution is -2.56. The number of carbonyl (C=O) groups excluding carboxylic acids is 1. The molecule has 0 aromatic carbocycles. The van der Waals surface area contributed by atoms with Crippen molar-refractivity contribution in [3.8, 4) is 0 Å². The lowest BCUT2D eigenvalue weighted by atomic mass is 9.44. The summed E-state index contributed by atoms with van der Waals surface area (Å²) in [4.78, 5) is 11.1. The van der Waals surface area contributed by atoms with Crippen LogP contribution in [0.15, 0.2) is 0 Å². The molecule has 1 aliphatic heterocycles. The minimum absolute atomic E-state index is 0.143. The summed E-state index contributed by atoms with van der Waals surface area (Å²) >= 11 is 0. The van der Waals surface area contributed by atoms with Crippen LogP contribution in [0, 0.1) is 46.3 Å². The van der Waals surface area contributed by atoms with Crippen LogP contribution in [0.1, 0.15) is 98.8 Å². The molecule has 0 aromatic heterocycles. The quantitative estimate of drug-likeness (QED) is 0.377. The Labute approximate surface area is 213 Å². The fraction of sp³-hybridized carbons (Fsp3) is 0.966. The molecule has 0 bridgehead atoms. The van der Waals surface area contributed by atoms with Crippen molar-refractivity contribution < 1.29 is 29.6 Å². The molecular weight excluding hydrogens is 444 g/mol. The van der Waals surface area contributed by atoms with Crippen molar-refractivity contribution in [2.75, 3.05) is 20.3 Å². The van der Waals surface area contributed by atoms with Gasteiger partial charge in [-0.25, -0.2) is 0 Å². The van der Waals surface area contributed by atoms with E-state index in [1.165, 1.54) is 38.5 Å². The number of rotatable bonds is 4. The molecule has 3 N–H and O–H groups in total. The molecule has 0 aromatic rings. The van der Waals surface area contributed by atoms with Crippen LogP contribution in [-0.4, -0.2) is 53.5 Å². The lowest BCUT2D eigenvalue weighted by Gasteiger charge is -2.62. The van der Waals surface area contributed by atoms with Crippen molar-refractivity contribution in [2.45, 2.75) is 110 Å². The van der Waals surface area contributed by atoms with E-state index in [4.69, 9.17) is 14.6 Å². The van der Waals surface area contributed by atoms with Crippen LogP contribution in [0.2, 0.25) is 0 Å². The number of aldehydes is 1. The molecule has 6 heteroatoms. The summed E-state index contributed by atoms with van der Waals surface area (Å²) in [7, 11) is 1.00. The molecule has 0 radical (unpaired) electrons. The van der Waals surface area contributed by atoms with Crippen molar-refractivity contribution in [3.05, 3.63) is 0 Å². The lowest BCUT2D eigenvalue weighted by molar-refractivity contribution is -0.230. The van der Waals surface area contributed by atoms with Gasteiger partial charge < -0.3 is 24.8 Å². The highest BCUT2D eigenvalue weighted by Crippen LogP contribution is 2.69. The summed E-state index contributed by atoms with van der Waals surface area (Å²) in [6.45, 7) is 12.7. The predicted molar refractivity (Wildman–Crippen MR) is 136 cm³/mol. The van der Waals surface area contributed by atoms with Crippen LogP contribution in [0.25, 0.3) is 0 Å². The molecule has 204 valence electrons. The zero-order valence-corrected chi connectivity index (χ0v) is 23.1. The van der Waals surface area contributed by atoms with E-state index in [0.29, 0.717) is 23.5 Å². The number of aliphatic hydroxyl groups is 3. The number of fused-ring (bicyclic) bond motifs is 5. The molecule has 5 aliphatic rings. The smallest absolute Gasteiger partial charge is 0.221 e. The second-order valence-corrected chi connectivity index (χ2v) is 12.4. The summed E-state index contributed by atoms with van der Waals surface area (Å²) in [6, 6.07) is 0. The van der Waals surface area contributed by atoms with Crippen LogP contribution in [-0.2, 0) is 14.3 Å². The number of ether oxygens (including phenoxy) is 2. The van der Waals surface area contributed by atoms with Gasteiger partial charge in [0.25, 0.3) is 0 Å². The van der Waals surface area contributed by atoms with E-state index in [0.717, 1.165) is 57.3 Å². The number of carbonyl (C=O) groups is 1. The van der Waals surface area contributed by atoms with Crippen LogP contribution < -0.4 is 0 Å². The van der Waals surface area contributed by atoms with Gasteiger partial charge in [-0.3, -0.25) is 4.79 Å². The zero-order valence-electron chi connectivity index (χ0n) is 23.1. The van der Waals surface area contributed by atoms with E-state index < -0.39 is 5.79 Å². The minimum Gasteiger partial charge on any atom is -0.400 e. The first-order valence-electron chi connectivity index (χ1n) is 14.3. The highest BCUT2D eigenvalue weighted by Gasteiger charge is 2.62. The summed E-state index contributed by atoms with van der Waals surface area (Å²) in [5.41, 5.74) is 0.660. The van der Waals surface area contributed by atoms with Crippen LogP contribution in [0.3, 0.4) is 0 Å². The highest BCUT2D eigenvalue weighted by molar-refractivity contribution is 5.58. The molecule has 6 nitrogen and oxygen atoms in total. The molecule has 1 saturated heterocycles. The summed E-state index contributed by atoms with van der Waals surface area (Å²) < 4.78 is 12.2. The van der Waals surface area contributed by atoms with Gasteiger partial charge in [0.1, 0.15) is 0 Å². The van der Waals surface area contributed by atoms with E-state index in [9.17, 15) is 15.0 Å². The third-order valence-electron chi connectivity index (χ3n) is 11.1. The third-order valence-corrected chi connectivity index (χ3v) is 11.1. The Kier molecular flexibility index (Phi) is 9.18. The Balaban J connectivity index is 0.000000815. The SMILES string of the molecule is CC.CC(CC(O)(O)C=O)C1CCC2C3CC[C@H]4CC5(CCC4(C)C3CCC12C)OCCO5.CO. The van der Waals surface area contributed by atoms with Gasteiger partial charge in [-0.15, -0.1) is 0 Å². The van der Waals surface area contributed by atoms with Crippen LogP contribution in [0.4, 0.5) is 0 Å². The van der Waals surface area contributed by atoms with E-state index in [1.807, 2.05) is 13.8 Å². The second-order valence-electron chi connectivity index (χ2n) is 12.4. The summed E-state index contributed by atoms with van der Waals surface area (Å²) in [5, 5.41) is 26.9. The standard InChI is InChI=1S/C26H42O5.C2H6.CH4O/c1-17(14-25(28,29)16-27)20-6-7-21-19-5-4-18-15-26(30-12-13-31-26)11-10-23(18,2)22(19)8-9-24(20,21)3;2*1-2/h16-22,28-29H,4-15H2,1-3H3;1-2H3;2H,1H3/t17?,18-,19?,20?,21?,22?,23?,24?;;/m0../s1. The van der Waals surface area contributed by atoms with Crippen molar-refractivity contribution in [3.63, 3.8) is 0 Å². The van der Waals surface area contributed by atoms with E-state index in [-0.39, 0.29) is 23.5 Å². The Hall–Kier alpha value is -0.530. The maximum atomic E-state index is 11.1. The van der Waals surface area contributed by atoms with Crippen molar-refractivity contribution >= 4 is 6.29 Å². The first-order chi connectivity index (χ1) is 16.6. The number of aliphatic hydroxyl groups excluding tert-OH is 1. The Morgan fingerprint density at radius 2 is 1.54 bits per heavy atom. The third kappa shape index (κ3) is 5.12. The molecule has 5 rings (SSSR count). The molecule has 4 saturated carbocycles. The summed E-state index contributed by atoms with van der Waals surface area (Å²) in [6.07, 6.45) is 11.4. The first-order valence-corrected chi connectivity index (χ1v) is 14.3. The highest BCUT2D eigenvalue weighted by atomic mass is 16.7. The molecule has 4 aliphatic carbocycles. The topological polar surface area (TPSA) is 96.2 Å². The van der Waals surface area contributed by atoms with Gasteiger partial charge in [-0.2, -0.15) is 0 Å². The van der Waals surface area contributed by atoms with E-state index >= 15 is 0 Å². The largest absolute Gasteiger partial charge is 0.400 e. The van der Waals surface area contributed by atoms with Gasteiger partial charge in [0.15, 0.2) is 12.1 Å². The first kappa shape index (κ1) is 29.0. The average Bonchev–Trinajstić information content (AvgIpc) is 3.46. The van der Waals surface area contributed by atoms with Gasteiger partial charge in [0.05, 0.1) is 13.2 Å². The normalized spacial score (nSPS) is 42.4. The van der Waals surface area contributed by atoms with Gasteiger partial charge in [0.2, 0.25) is 5.79 Å². The van der Waals surface area contributed by atoms with Crippen LogP contribution >= 0.6 is 0 Å². The predicted octanol–water partition coefficient (Wildman–Crippen LogP) is 4.93. The fourth-order valence-corrected chi connectivity index (χ4v) is 9.60. The monoisotopic (exact) mass is 496 g/mol. The van der Waals surface area contributed by atoms with Gasteiger partial charge >= 0.3 is 0 Å². The van der Waals surface area contributed by atoms with E-state index in [2.05, 4.69) is 20.8 Å². The van der Waals surface area contributed by atoms with Crippen molar-refractivity contribution in [2.24, 2.45) is 46.3 Å². The Bertz CT molecular complexity index is 703. The Morgan fingerprint density at radius 3 is 2.17 bits per heavy atom. The number of hydrogen-bond donors (Lipinski definition) is 3. The molecule has 1 spiro atoms. The van der Waals surface area contributed by atoms with Gasteiger partial charge in [-0.05, 0) is 91.3 Å². The summed E-state index contributed by atoms with van der Waals surface area (Å²) in [5.74, 6) is 1.17. The maximum Gasteiger partial charge on any atom is 0.221 e. The zero-order chi connectivity index (χ0) is 26.1. The van der Waals surface area contributed by atoms with Gasteiger partial charge in [-0.1, -0.05) is 34.6 Å². The molecule has 8 atom stereocenters. The molecule has 7 unspecified atom stereocenters. The average molecular weight is 497 g/mol. The van der Waals surface area contributed by atoms with E-state index in [1.54, 1.807) is 0 Å².